The second kappa shape index (κ2) is 9.36. The first kappa shape index (κ1) is 22.6. The second-order valence-electron chi connectivity index (χ2n) is 7.68. The minimum atomic E-state index is -4.42. The molecule has 1 aliphatic rings. The molecular formula is C22H25F3N4O2. The summed E-state index contributed by atoms with van der Waals surface area (Å²) in [6.45, 7) is 5.65. The van der Waals surface area contributed by atoms with Crippen molar-refractivity contribution in [3.8, 4) is 0 Å². The highest BCUT2D eigenvalue weighted by Gasteiger charge is 2.31. The van der Waals surface area contributed by atoms with E-state index in [4.69, 9.17) is 0 Å². The number of alkyl halides is 3. The van der Waals surface area contributed by atoms with Crippen molar-refractivity contribution in [2.45, 2.75) is 26.4 Å². The van der Waals surface area contributed by atoms with E-state index in [1.54, 1.807) is 17.0 Å². The number of nitrogens with one attached hydrogen (secondary N) is 1. The van der Waals surface area contributed by atoms with Gasteiger partial charge in [0.1, 0.15) is 5.82 Å². The zero-order valence-corrected chi connectivity index (χ0v) is 17.5. The van der Waals surface area contributed by atoms with Crippen LogP contribution < -0.4 is 10.2 Å². The van der Waals surface area contributed by atoms with Crippen LogP contribution in [0.5, 0.6) is 0 Å². The van der Waals surface area contributed by atoms with Crippen LogP contribution in [-0.4, -0.2) is 54.4 Å². The fourth-order valence-electron chi connectivity index (χ4n) is 3.61. The molecule has 1 aromatic heterocycles. The van der Waals surface area contributed by atoms with Crippen molar-refractivity contribution in [3.05, 3.63) is 58.8 Å². The Hall–Kier alpha value is -3.10. The maximum Gasteiger partial charge on any atom is 0.417 e. The fourth-order valence-corrected chi connectivity index (χ4v) is 3.61. The van der Waals surface area contributed by atoms with E-state index in [2.05, 4.69) is 10.3 Å². The summed E-state index contributed by atoms with van der Waals surface area (Å²) >= 11 is 0. The molecule has 6 nitrogen and oxygen atoms in total. The minimum absolute atomic E-state index is 0.107. The zero-order valence-electron chi connectivity index (χ0n) is 17.5. The van der Waals surface area contributed by atoms with Gasteiger partial charge in [0.25, 0.3) is 5.91 Å². The number of carbonyl (C=O) groups excluding carboxylic acids is 2. The smallest absolute Gasteiger partial charge is 0.355 e. The van der Waals surface area contributed by atoms with Crippen molar-refractivity contribution in [1.29, 1.82) is 0 Å². The van der Waals surface area contributed by atoms with E-state index in [0.29, 0.717) is 44.0 Å². The lowest BCUT2D eigenvalue weighted by atomic mass is 10.1. The molecule has 0 aliphatic carbocycles. The summed E-state index contributed by atoms with van der Waals surface area (Å²) in [5.41, 5.74) is 1.67. The van der Waals surface area contributed by atoms with Crippen LogP contribution in [0.3, 0.4) is 0 Å². The first-order valence-electron chi connectivity index (χ1n) is 10.1. The molecule has 1 fully saturated rings. The van der Waals surface area contributed by atoms with Crippen LogP contribution in [0.2, 0.25) is 0 Å². The summed E-state index contributed by atoms with van der Waals surface area (Å²) in [7, 11) is 0. The lowest BCUT2D eigenvalue weighted by Gasteiger charge is -2.23. The van der Waals surface area contributed by atoms with Gasteiger partial charge in [0.15, 0.2) is 0 Å². The zero-order chi connectivity index (χ0) is 22.6. The van der Waals surface area contributed by atoms with Crippen molar-refractivity contribution in [2.24, 2.45) is 0 Å². The topological polar surface area (TPSA) is 65.5 Å². The lowest BCUT2D eigenvalue weighted by Crippen LogP contribution is -2.42. The third kappa shape index (κ3) is 5.96. The highest BCUT2D eigenvalue weighted by Crippen LogP contribution is 2.29. The van der Waals surface area contributed by atoms with Crippen LogP contribution in [0.4, 0.5) is 19.0 Å². The predicted molar refractivity (Wildman–Crippen MR) is 111 cm³/mol. The number of rotatable bonds is 4. The van der Waals surface area contributed by atoms with Gasteiger partial charge in [0.2, 0.25) is 5.91 Å². The molecule has 2 aromatic rings. The molecule has 2 amide bonds. The van der Waals surface area contributed by atoms with Crippen LogP contribution in [0.25, 0.3) is 0 Å². The molecule has 0 unspecified atom stereocenters. The Bertz CT molecular complexity index is 925. The van der Waals surface area contributed by atoms with Crippen LogP contribution >= 0.6 is 0 Å². The molecule has 1 aromatic carbocycles. The quantitative estimate of drug-likeness (QED) is 0.803. The summed E-state index contributed by atoms with van der Waals surface area (Å²) in [4.78, 5) is 32.4. The molecule has 2 heterocycles. The summed E-state index contributed by atoms with van der Waals surface area (Å²) in [5, 5.41) is 2.67. The van der Waals surface area contributed by atoms with Crippen LogP contribution in [-0.2, 0) is 11.0 Å². The summed E-state index contributed by atoms with van der Waals surface area (Å²) in [6.07, 6.45) is -2.94. The van der Waals surface area contributed by atoms with Gasteiger partial charge in [-0.3, -0.25) is 9.59 Å². The first-order valence-corrected chi connectivity index (χ1v) is 10.1. The van der Waals surface area contributed by atoms with E-state index >= 15 is 0 Å². The normalized spacial score (nSPS) is 14.9. The average Bonchev–Trinajstić information content (AvgIpc) is 2.97. The maximum atomic E-state index is 12.7. The Morgan fingerprint density at radius 3 is 2.35 bits per heavy atom. The van der Waals surface area contributed by atoms with Crippen molar-refractivity contribution in [2.75, 3.05) is 37.6 Å². The third-order valence-corrected chi connectivity index (χ3v) is 5.13. The minimum Gasteiger partial charge on any atom is -0.355 e. The molecule has 0 bridgehead atoms. The third-order valence-electron chi connectivity index (χ3n) is 5.13. The number of aryl methyl sites for hydroxylation is 2. The molecule has 166 valence electrons. The maximum absolute atomic E-state index is 12.7. The lowest BCUT2D eigenvalue weighted by molar-refractivity contribution is -0.137. The Morgan fingerprint density at radius 2 is 1.74 bits per heavy atom. The van der Waals surface area contributed by atoms with Gasteiger partial charge < -0.3 is 15.1 Å². The van der Waals surface area contributed by atoms with Crippen LogP contribution in [0, 0.1) is 13.8 Å². The van der Waals surface area contributed by atoms with E-state index < -0.39 is 11.7 Å². The van der Waals surface area contributed by atoms with E-state index in [1.807, 2.05) is 24.8 Å². The molecule has 0 radical (unpaired) electrons. The van der Waals surface area contributed by atoms with Crippen LogP contribution in [0.1, 0.15) is 33.5 Å². The molecule has 1 saturated heterocycles. The van der Waals surface area contributed by atoms with Gasteiger partial charge in [0, 0.05) is 37.9 Å². The van der Waals surface area contributed by atoms with Crippen molar-refractivity contribution in [3.63, 3.8) is 0 Å². The number of anilines is 1. The number of aromatic nitrogens is 1. The highest BCUT2D eigenvalue weighted by molar-refractivity contribution is 5.96. The number of amides is 2. The molecular weight excluding hydrogens is 409 g/mol. The van der Waals surface area contributed by atoms with Crippen molar-refractivity contribution in [1.82, 2.24) is 15.2 Å². The first-order chi connectivity index (χ1) is 14.6. The van der Waals surface area contributed by atoms with E-state index in [-0.39, 0.29) is 18.4 Å². The largest absolute Gasteiger partial charge is 0.417 e. The number of hydrogen-bond acceptors (Lipinski definition) is 4. The van der Waals surface area contributed by atoms with Gasteiger partial charge in [-0.1, -0.05) is 17.2 Å². The molecule has 3 rings (SSSR count). The van der Waals surface area contributed by atoms with Crippen molar-refractivity contribution < 1.29 is 22.8 Å². The second-order valence-corrected chi connectivity index (χ2v) is 7.68. The van der Waals surface area contributed by atoms with E-state index in [9.17, 15) is 22.8 Å². The number of benzene rings is 1. The SMILES string of the molecule is Cc1cc(C)cc(C(=O)NCC(=O)N2CCCN(c3ccc(C(F)(F)F)cn3)CC2)c1. The molecule has 9 heteroatoms. The Labute approximate surface area is 179 Å². The molecule has 0 saturated carbocycles. The fraction of sp³-hybridized carbons (Fsp3) is 0.409. The van der Waals surface area contributed by atoms with Gasteiger partial charge in [-0.15, -0.1) is 0 Å². The molecule has 0 spiro atoms. The predicted octanol–water partition coefficient (Wildman–Crippen LogP) is 3.19. The molecule has 31 heavy (non-hydrogen) atoms. The molecule has 1 N–H and O–H groups in total. The number of halogens is 3. The standard InChI is InChI=1S/C22H25F3N4O2/c1-15-10-16(2)12-17(11-15)21(31)27-14-20(30)29-7-3-6-28(8-9-29)19-5-4-18(13-26-19)22(23,24)25/h4-5,10-13H,3,6-9,14H2,1-2H3,(H,27,31). The Morgan fingerprint density at radius 1 is 1.03 bits per heavy atom. The summed E-state index contributed by atoms with van der Waals surface area (Å²) in [6, 6.07) is 7.88. The number of nitrogens with zero attached hydrogens (tertiary/aromatic N) is 3. The summed E-state index contributed by atoms with van der Waals surface area (Å²) < 4.78 is 38.1. The number of carbonyl (C=O) groups is 2. The van der Waals surface area contributed by atoms with Gasteiger partial charge in [-0.05, 0) is 44.5 Å². The molecule has 0 atom stereocenters. The van der Waals surface area contributed by atoms with Gasteiger partial charge in [-0.25, -0.2) is 4.98 Å². The Balaban J connectivity index is 1.54. The van der Waals surface area contributed by atoms with Gasteiger partial charge in [0.05, 0.1) is 12.1 Å². The summed E-state index contributed by atoms with van der Waals surface area (Å²) in [5.74, 6) is -0.0454. The van der Waals surface area contributed by atoms with E-state index in [1.165, 1.54) is 6.07 Å². The monoisotopic (exact) mass is 434 g/mol. The highest BCUT2D eigenvalue weighted by atomic mass is 19.4. The van der Waals surface area contributed by atoms with Crippen LogP contribution in [0.15, 0.2) is 36.5 Å². The van der Waals surface area contributed by atoms with Crippen molar-refractivity contribution >= 4 is 17.6 Å². The molecule has 1 aliphatic heterocycles. The average molecular weight is 434 g/mol. The van der Waals surface area contributed by atoms with E-state index in [0.717, 1.165) is 23.4 Å². The van der Waals surface area contributed by atoms with Gasteiger partial charge in [-0.2, -0.15) is 13.2 Å². The number of hydrogen-bond donors (Lipinski definition) is 1. The number of pyridine rings is 1. The Kier molecular flexibility index (Phi) is 6.82. The van der Waals surface area contributed by atoms with Gasteiger partial charge >= 0.3 is 6.18 Å².